The SMILES string of the molecule is C=CC1C(C=CC=CC=CCCC)C2C=CC(=O)OCC3(C)C4C5C=C(CO)CC6(O)C(=O)C(C)=CC6C5(O)C(C)CC43OC(=O)CC=CC=CC12. The molecule has 12 unspecified atom stereocenters. The van der Waals surface area contributed by atoms with Crippen LogP contribution < -0.4 is 0 Å². The third kappa shape index (κ3) is 6.10. The number of allylic oxidation sites excluding steroid dienone is 11. The molecule has 278 valence electrons. The molecule has 0 aromatic rings. The van der Waals surface area contributed by atoms with Gasteiger partial charge in [0.1, 0.15) is 17.8 Å². The molecular weight excluding hydrogens is 656 g/mol. The number of esters is 2. The molecule has 3 saturated carbocycles. The molecule has 0 amide bonds. The van der Waals surface area contributed by atoms with Crippen molar-refractivity contribution in [3.63, 3.8) is 0 Å². The van der Waals surface area contributed by atoms with E-state index in [-0.39, 0.29) is 49.5 Å². The number of ketones is 1. The Kier molecular flexibility index (Phi) is 10.6. The predicted molar refractivity (Wildman–Crippen MR) is 199 cm³/mol. The summed E-state index contributed by atoms with van der Waals surface area (Å²) in [5.41, 5.74) is -4.69. The average Bonchev–Trinajstić information content (AvgIpc) is 3.55. The molecule has 0 aromatic carbocycles. The van der Waals surface area contributed by atoms with Crippen molar-refractivity contribution >= 4 is 17.7 Å². The van der Waals surface area contributed by atoms with E-state index in [4.69, 9.17) is 9.47 Å². The minimum atomic E-state index is -1.90. The fraction of sp³-hybridized carbons (Fsp3) is 0.523. The van der Waals surface area contributed by atoms with E-state index >= 15 is 0 Å². The number of aliphatic hydroxyl groups excluding tert-OH is 1. The monoisotopic (exact) mass is 710 g/mol. The third-order valence-electron chi connectivity index (χ3n) is 13.1. The Balaban J connectivity index is 1.31. The molecule has 6 rings (SSSR count). The lowest BCUT2D eigenvalue weighted by molar-refractivity contribution is -0.187. The highest BCUT2D eigenvalue weighted by atomic mass is 16.6. The van der Waals surface area contributed by atoms with Gasteiger partial charge in [0.05, 0.1) is 18.6 Å². The lowest BCUT2D eigenvalue weighted by Crippen LogP contribution is -2.61. The molecule has 8 heteroatoms. The van der Waals surface area contributed by atoms with Crippen LogP contribution in [0.2, 0.25) is 0 Å². The molecule has 1 spiro atoms. The first-order valence-corrected chi connectivity index (χ1v) is 18.8. The van der Waals surface area contributed by atoms with Crippen LogP contribution in [0.25, 0.3) is 0 Å². The fourth-order valence-corrected chi connectivity index (χ4v) is 10.4. The van der Waals surface area contributed by atoms with Crippen molar-refractivity contribution in [1.82, 2.24) is 0 Å². The van der Waals surface area contributed by atoms with Crippen LogP contribution in [0.5, 0.6) is 0 Å². The van der Waals surface area contributed by atoms with E-state index in [1.165, 1.54) is 6.08 Å². The number of carbonyl (C=O) groups excluding carboxylic acids is 3. The van der Waals surface area contributed by atoms with Gasteiger partial charge in [0, 0.05) is 35.7 Å². The Morgan fingerprint density at radius 2 is 1.77 bits per heavy atom. The molecule has 0 aromatic heterocycles. The van der Waals surface area contributed by atoms with Crippen molar-refractivity contribution in [3.05, 3.63) is 109 Å². The Bertz CT molecular complexity index is 1710. The summed E-state index contributed by atoms with van der Waals surface area (Å²) >= 11 is 0. The number of unbranched alkanes of at least 4 members (excludes halogenated alkanes) is 1. The van der Waals surface area contributed by atoms with Crippen LogP contribution in [0.15, 0.2) is 109 Å². The van der Waals surface area contributed by atoms with Crippen molar-refractivity contribution in [1.29, 1.82) is 0 Å². The van der Waals surface area contributed by atoms with Crippen molar-refractivity contribution in [2.24, 2.45) is 52.8 Å². The topological polar surface area (TPSA) is 130 Å². The van der Waals surface area contributed by atoms with Crippen LogP contribution in [0.1, 0.15) is 59.8 Å². The Hall–Kier alpha value is -3.85. The second kappa shape index (κ2) is 14.5. The molecule has 0 saturated heterocycles. The van der Waals surface area contributed by atoms with Crippen LogP contribution in [0.4, 0.5) is 0 Å². The molecule has 0 radical (unpaired) electrons. The van der Waals surface area contributed by atoms with Gasteiger partial charge in [-0.15, -0.1) is 6.58 Å². The van der Waals surface area contributed by atoms with Gasteiger partial charge in [0.15, 0.2) is 5.78 Å². The smallest absolute Gasteiger partial charge is 0.330 e. The van der Waals surface area contributed by atoms with Crippen molar-refractivity contribution in [3.8, 4) is 0 Å². The van der Waals surface area contributed by atoms with Crippen LogP contribution in [0.3, 0.4) is 0 Å². The van der Waals surface area contributed by atoms with E-state index in [0.717, 1.165) is 12.8 Å². The van der Waals surface area contributed by atoms with E-state index in [0.29, 0.717) is 11.1 Å². The summed E-state index contributed by atoms with van der Waals surface area (Å²) in [5.74, 6) is -3.69. The average molecular weight is 711 g/mol. The molecule has 12 atom stereocenters. The van der Waals surface area contributed by atoms with E-state index in [1.54, 1.807) is 25.2 Å². The largest absolute Gasteiger partial charge is 0.462 e. The summed E-state index contributed by atoms with van der Waals surface area (Å²) in [7, 11) is 0. The number of cyclic esters (lactones) is 1. The minimum Gasteiger partial charge on any atom is -0.462 e. The molecule has 0 bridgehead atoms. The first kappa shape index (κ1) is 37.9. The number of rotatable bonds is 7. The lowest BCUT2D eigenvalue weighted by atomic mass is 9.56. The van der Waals surface area contributed by atoms with Crippen LogP contribution in [-0.2, 0) is 23.9 Å². The van der Waals surface area contributed by atoms with Gasteiger partial charge in [0.25, 0.3) is 0 Å². The van der Waals surface area contributed by atoms with Crippen LogP contribution in [0, 0.1) is 52.8 Å². The normalized spacial score (nSPS) is 43.0. The molecule has 3 fully saturated rings. The van der Waals surface area contributed by atoms with Gasteiger partial charge >= 0.3 is 11.9 Å². The summed E-state index contributed by atoms with van der Waals surface area (Å²) in [5, 5.41) is 35.0. The number of carbonyl (C=O) groups is 3. The second-order valence-electron chi connectivity index (χ2n) is 16.0. The molecule has 1 heterocycles. The predicted octanol–water partition coefficient (Wildman–Crippen LogP) is 6.24. The zero-order chi connectivity index (χ0) is 37.5. The number of fused-ring (bicyclic) bond motifs is 6. The molecule has 5 aliphatic carbocycles. The highest BCUT2D eigenvalue weighted by molar-refractivity contribution is 6.04. The maximum absolute atomic E-state index is 13.5. The van der Waals surface area contributed by atoms with Gasteiger partial charge in [-0.3, -0.25) is 9.59 Å². The minimum absolute atomic E-state index is 0.0251. The molecular formula is C44H54O8. The fourth-order valence-electron chi connectivity index (χ4n) is 10.4. The Morgan fingerprint density at radius 3 is 2.50 bits per heavy atom. The summed E-state index contributed by atoms with van der Waals surface area (Å²) in [6, 6.07) is 0. The first-order valence-electron chi connectivity index (χ1n) is 18.8. The maximum Gasteiger partial charge on any atom is 0.330 e. The van der Waals surface area contributed by atoms with E-state index < -0.39 is 70.2 Å². The summed E-state index contributed by atoms with van der Waals surface area (Å²) < 4.78 is 12.3. The van der Waals surface area contributed by atoms with Crippen LogP contribution in [-0.4, -0.2) is 63.1 Å². The summed E-state index contributed by atoms with van der Waals surface area (Å²) in [4.78, 5) is 40.3. The van der Waals surface area contributed by atoms with Crippen molar-refractivity contribution in [2.45, 2.75) is 76.6 Å². The molecule has 8 nitrogen and oxygen atoms in total. The van der Waals surface area contributed by atoms with Gasteiger partial charge in [-0.2, -0.15) is 0 Å². The van der Waals surface area contributed by atoms with E-state index in [1.807, 2.05) is 62.5 Å². The molecule has 6 aliphatic rings. The summed E-state index contributed by atoms with van der Waals surface area (Å²) in [6.07, 6.45) is 31.1. The summed E-state index contributed by atoms with van der Waals surface area (Å²) in [6.45, 7) is 11.1. The third-order valence-corrected chi connectivity index (χ3v) is 13.1. The molecule has 52 heavy (non-hydrogen) atoms. The Morgan fingerprint density at radius 1 is 1.02 bits per heavy atom. The zero-order valence-electron chi connectivity index (χ0n) is 30.8. The maximum atomic E-state index is 13.5. The number of Topliss-reactive ketones (excluding diaryl/α,β-unsaturated/α-hetero) is 1. The highest BCUT2D eigenvalue weighted by Crippen LogP contribution is 2.77. The Labute approximate surface area is 307 Å². The van der Waals surface area contributed by atoms with Crippen LogP contribution >= 0.6 is 0 Å². The number of ether oxygens (including phenoxy) is 2. The quantitative estimate of drug-likeness (QED) is 0.161. The van der Waals surface area contributed by atoms with Gasteiger partial charge in [-0.05, 0) is 60.5 Å². The molecule has 1 aliphatic heterocycles. The zero-order valence-corrected chi connectivity index (χ0v) is 30.8. The molecule has 3 N–H and O–H groups in total. The lowest BCUT2D eigenvalue weighted by Gasteiger charge is -2.50. The van der Waals surface area contributed by atoms with Gasteiger partial charge in [-0.1, -0.05) is 112 Å². The number of hydrogen-bond donors (Lipinski definition) is 3. The van der Waals surface area contributed by atoms with Gasteiger partial charge in [0.2, 0.25) is 0 Å². The van der Waals surface area contributed by atoms with E-state index in [9.17, 15) is 29.7 Å². The van der Waals surface area contributed by atoms with Crippen molar-refractivity contribution < 1.29 is 39.2 Å². The number of aliphatic hydroxyl groups is 3. The standard InChI is InChI=1S/C44H54O8/c1-6-8-9-10-11-12-14-17-32-31(7-2)33-18-15-13-16-19-38(47)52-43-24-29(4)44(50)35(39(43)41(43,5)27-51-37(46)21-20-34(32)33)23-30(26-45)25-42(49)36(44)22-28(3)40(42)48/h7,9-18,20-23,29,31-36,39,45,49-50H,2,6,8,19,24-27H2,1,3-5H3. The van der Waals surface area contributed by atoms with Gasteiger partial charge < -0.3 is 24.8 Å². The highest BCUT2D eigenvalue weighted by Gasteiger charge is 2.85. The second-order valence-corrected chi connectivity index (χ2v) is 16.0. The number of hydrogen-bond acceptors (Lipinski definition) is 8. The first-order chi connectivity index (χ1) is 24.8. The van der Waals surface area contributed by atoms with Gasteiger partial charge in [-0.25, -0.2) is 4.79 Å². The van der Waals surface area contributed by atoms with Crippen molar-refractivity contribution in [2.75, 3.05) is 13.2 Å². The van der Waals surface area contributed by atoms with E-state index in [2.05, 4.69) is 31.7 Å².